The molecule has 0 amide bonds. The van der Waals surface area contributed by atoms with E-state index in [1.54, 1.807) is 14.2 Å². The maximum Gasteiger partial charge on any atom is 0.162 e. The van der Waals surface area contributed by atoms with Gasteiger partial charge in [0, 0.05) is 28.6 Å². The predicted molar refractivity (Wildman–Crippen MR) is 126 cm³/mol. The van der Waals surface area contributed by atoms with Crippen molar-refractivity contribution in [3.05, 3.63) is 85.2 Å². The Morgan fingerprint density at radius 2 is 1.47 bits per heavy atom. The molecule has 0 atom stereocenters. The minimum Gasteiger partial charge on any atom is -0.493 e. The number of nitrogens with zero attached hydrogens (tertiary/aromatic N) is 2. The van der Waals surface area contributed by atoms with Crippen LogP contribution in [0.2, 0.25) is 0 Å². The number of hydrogen-bond donors (Lipinski definition) is 1. The van der Waals surface area contributed by atoms with E-state index in [1.807, 2.05) is 60.7 Å². The van der Waals surface area contributed by atoms with Gasteiger partial charge in [0.25, 0.3) is 0 Å². The summed E-state index contributed by atoms with van der Waals surface area (Å²) in [5.41, 5.74) is 1.60. The molecule has 0 fully saturated rings. The molecule has 32 heavy (non-hydrogen) atoms. The number of fused-ring (bicyclic) bond motifs is 2. The molecule has 0 saturated heterocycles. The summed E-state index contributed by atoms with van der Waals surface area (Å²) in [6.45, 7) is 0. The predicted octanol–water partition coefficient (Wildman–Crippen LogP) is 6.34. The van der Waals surface area contributed by atoms with E-state index in [-0.39, 0.29) is 0 Å². The average Bonchev–Trinajstić information content (AvgIpc) is 2.84. The second-order valence-corrected chi connectivity index (χ2v) is 7.18. The van der Waals surface area contributed by atoms with Crippen molar-refractivity contribution in [3.63, 3.8) is 0 Å². The zero-order chi connectivity index (χ0) is 21.9. The minimum absolute atomic E-state index is 0.617. The molecule has 0 aliphatic rings. The number of benzene rings is 4. The lowest BCUT2D eigenvalue weighted by atomic mass is 10.1. The molecule has 0 aliphatic heterocycles. The zero-order valence-corrected chi connectivity index (χ0v) is 17.7. The summed E-state index contributed by atoms with van der Waals surface area (Å²) >= 11 is 0. The fourth-order valence-corrected chi connectivity index (χ4v) is 3.67. The quantitative estimate of drug-likeness (QED) is 0.344. The van der Waals surface area contributed by atoms with Crippen molar-refractivity contribution in [1.82, 2.24) is 9.97 Å². The van der Waals surface area contributed by atoms with Gasteiger partial charge in [0.1, 0.15) is 23.6 Å². The van der Waals surface area contributed by atoms with Gasteiger partial charge in [-0.15, -0.1) is 0 Å². The Balaban J connectivity index is 1.47. The maximum atomic E-state index is 6.21. The first kappa shape index (κ1) is 19.6. The highest BCUT2D eigenvalue weighted by atomic mass is 16.5. The van der Waals surface area contributed by atoms with E-state index in [1.165, 1.54) is 6.33 Å². The van der Waals surface area contributed by atoms with Crippen LogP contribution in [0.3, 0.4) is 0 Å². The number of nitrogens with one attached hydrogen (secondary N) is 1. The molecule has 0 aliphatic carbocycles. The number of hydrogen-bond acceptors (Lipinski definition) is 6. The van der Waals surface area contributed by atoms with Crippen molar-refractivity contribution >= 4 is 33.2 Å². The third-order valence-electron chi connectivity index (χ3n) is 5.21. The topological polar surface area (TPSA) is 65.5 Å². The second-order valence-electron chi connectivity index (χ2n) is 7.18. The number of anilines is 2. The van der Waals surface area contributed by atoms with Crippen LogP contribution in [0.1, 0.15) is 0 Å². The largest absolute Gasteiger partial charge is 0.493 e. The first-order valence-electron chi connectivity index (χ1n) is 10.1. The molecule has 6 heteroatoms. The van der Waals surface area contributed by atoms with Gasteiger partial charge in [0.2, 0.25) is 0 Å². The van der Waals surface area contributed by atoms with Crippen LogP contribution in [0.25, 0.3) is 21.7 Å². The Bertz CT molecular complexity index is 1410. The number of ether oxygens (including phenoxy) is 3. The molecule has 1 heterocycles. The minimum atomic E-state index is 0.617. The van der Waals surface area contributed by atoms with Crippen molar-refractivity contribution in [2.45, 2.75) is 0 Å². The van der Waals surface area contributed by atoms with Crippen LogP contribution in [-0.2, 0) is 0 Å². The molecule has 6 nitrogen and oxygen atoms in total. The van der Waals surface area contributed by atoms with Crippen LogP contribution in [0.5, 0.6) is 23.0 Å². The molecule has 4 aromatic carbocycles. The van der Waals surface area contributed by atoms with Gasteiger partial charge in [-0.2, -0.15) is 0 Å². The van der Waals surface area contributed by atoms with Gasteiger partial charge in [-0.05, 0) is 29.7 Å². The van der Waals surface area contributed by atoms with Gasteiger partial charge < -0.3 is 19.5 Å². The molecule has 5 rings (SSSR count). The molecule has 0 bridgehead atoms. The Morgan fingerprint density at radius 1 is 0.688 bits per heavy atom. The molecule has 0 saturated carbocycles. The fourth-order valence-electron chi connectivity index (χ4n) is 3.67. The SMILES string of the molecule is COc1cc2ncnc(Nc3cccc(Oc4cccc5ccccc45)c3)c2cc1OC. The number of rotatable bonds is 6. The van der Waals surface area contributed by atoms with E-state index in [0.717, 1.165) is 38.9 Å². The molecule has 158 valence electrons. The van der Waals surface area contributed by atoms with Crippen LogP contribution in [0.15, 0.2) is 85.2 Å². The lowest BCUT2D eigenvalue weighted by Crippen LogP contribution is -1.98. The van der Waals surface area contributed by atoms with E-state index in [2.05, 4.69) is 33.5 Å². The molecule has 1 N–H and O–H groups in total. The van der Waals surface area contributed by atoms with Gasteiger partial charge in [0.05, 0.1) is 19.7 Å². The third kappa shape index (κ3) is 3.74. The smallest absolute Gasteiger partial charge is 0.162 e. The van der Waals surface area contributed by atoms with E-state index in [4.69, 9.17) is 14.2 Å². The first-order valence-corrected chi connectivity index (χ1v) is 10.1. The first-order chi connectivity index (χ1) is 15.7. The lowest BCUT2D eigenvalue weighted by Gasteiger charge is -2.13. The highest BCUT2D eigenvalue weighted by Crippen LogP contribution is 2.35. The lowest BCUT2D eigenvalue weighted by molar-refractivity contribution is 0.356. The van der Waals surface area contributed by atoms with Gasteiger partial charge in [0.15, 0.2) is 11.5 Å². The fraction of sp³-hybridized carbons (Fsp3) is 0.0769. The van der Waals surface area contributed by atoms with Crippen molar-refractivity contribution in [3.8, 4) is 23.0 Å². The van der Waals surface area contributed by atoms with Crippen molar-refractivity contribution in [1.29, 1.82) is 0 Å². The van der Waals surface area contributed by atoms with Gasteiger partial charge in [-0.1, -0.05) is 42.5 Å². The van der Waals surface area contributed by atoms with Crippen molar-refractivity contribution in [2.24, 2.45) is 0 Å². The van der Waals surface area contributed by atoms with E-state index in [9.17, 15) is 0 Å². The molecular weight excluding hydrogens is 402 g/mol. The van der Waals surface area contributed by atoms with Gasteiger partial charge in [-0.25, -0.2) is 9.97 Å². The summed E-state index contributed by atoms with van der Waals surface area (Å²) in [5.74, 6) is 3.44. The number of methoxy groups -OCH3 is 2. The van der Waals surface area contributed by atoms with Crippen LogP contribution in [0.4, 0.5) is 11.5 Å². The Hall–Kier alpha value is -4.32. The Kier molecular flexibility index (Phi) is 5.17. The van der Waals surface area contributed by atoms with E-state index < -0.39 is 0 Å². The van der Waals surface area contributed by atoms with E-state index >= 15 is 0 Å². The molecule has 0 spiro atoms. The summed E-state index contributed by atoms with van der Waals surface area (Å²) in [7, 11) is 3.21. The molecule has 0 unspecified atom stereocenters. The van der Waals surface area contributed by atoms with Gasteiger partial charge in [-0.3, -0.25) is 0 Å². The van der Waals surface area contributed by atoms with Crippen LogP contribution >= 0.6 is 0 Å². The maximum absolute atomic E-state index is 6.21. The van der Waals surface area contributed by atoms with Crippen molar-refractivity contribution in [2.75, 3.05) is 19.5 Å². The zero-order valence-electron chi connectivity index (χ0n) is 17.7. The Labute approximate surface area is 185 Å². The summed E-state index contributed by atoms with van der Waals surface area (Å²) in [6, 6.07) is 25.7. The van der Waals surface area contributed by atoms with E-state index in [0.29, 0.717) is 17.3 Å². The summed E-state index contributed by atoms with van der Waals surface area (Å²) in [5, 5.41) is 6.40. The normalized spacial score (nSPS) is 10.8. The standard InChI is InChI=1S/C26H21N3O3/c1-30-24-14-21-22(15-25(24)31-2)27-16-28-26(21)29-18-9-6-10-19(13-18)32-23-12-5-8-17-7-3-4-11-20(17)23/h3-16H,1-2H3,(H,27,28,29). The summed E-state index contributed by atoms with van der Waals surface area (Å²) in [4.78, 5) is 8.79. The van der Waals surface area contributed by atoms with Crippen LogP contribution in [-0.4, -0.2) is 24.2 Å². The Morgan fingerprint density at radius 3 is 2.34 bits per heavy atom. The third-order valence-corrected chi connectivity index (χ3v) is 5.21. The second kappa shape index (κ2) is 8.43. The monoisotopic (exact) mass is 423 g/mol. The van der Waals surface area contributed by atoms with Gasteiger partial charge >= 0.3 is 0 Å². The highest BCUT2D eigenvalue weighted by Gasteiger charge is 2.11. The molecule has 0 radical (unpaired) electrons. The number of aromatic nitrogens is 2. The highest BCUT2D eigenvalue weighted by molar-refractivity contribution is 5.93. The molecule has 5 aromatic rings. The van der Waals surface area contributed by atoms with Crippen molar-refractivity contribution < 1.29 is 14.2 Å². The average molecular weight is 423 g/mol. The molecule has 1 aromatic heterocycles. The van der Waals surface area contributed by atoms with Crippen LogP contribution < -0.4 is 19.5 Å². The molecular formula is C26H21N3O3. The van der Waals surface area contributed by atoms with Crippen LogP contribution in [0, 0.1) is 0 Å². The summed E-state index contributed by atoms with van der Waals surface area (Å²) in [6.07, 6.45) is 1.52. The summed E-state index contributed by atoms with van der Waals surface area (Å²) < 4.78 is 17.0.